The van der Waals surface area contributed by atoms with Gasteiger partial charge in [-0.2, -0.15) is 5.10 Å². The number of anilines is 1. The van der Waals surface area contributed by atoms with E-state index in [1.807, 2.05) is 0 Å². The topological polar surface area (TPSA) is 99.2 Å². The van der Waals surface area contributed by atoms with Crippen LogP contribution in [0.15, 0.2) is 11.1 Å². The quantitative estimate of drug-likeness (QED) is 0.719. The van der Waals surface area contributed by atoms with Crippen LogP contribution in [0, 0.1) is 0 Å². The van der Waals surface area contributed by atoms with Crippen LogP contribution in [0.5, 0.6) is 0 Å². The van der Waals surface area contributed by atoms with Crippen molar-refractivity contribution >= 4 is 15.8 Å². The fourth-order valence-electron chi connectivity index (χ4n) is 1.30. The molecule has 0 radical (unpaired) electrons. The Kier molecular flexibility index (Phi) is 3.89. The molecule has 7 nitrogen and oxygen atoms in total. The summed E-state index contributed by atoms with van der Waals surface area (Å²) in [6.45, 7) is 1.99. The predicted octanol–water partition coefficient (Wildman–Crippen LogP) is -0.684. The van der Waals surface area contributed by atoms with E-state index in [1.165, 1.54) is 18.0 Å². The Morgan fingerprint density at radius 1 is 1.69 bits per heavy atom. The van der Waals surface area contributed by atoms with Crippen molar-refractivity contribution in [2.24, 2.45) is 7.05 Å². The first kappa shape index (κ1) is 12.9. The SMILES string of the molecule is COCC(C)NS(=O)(=O)c1cn(C)nc1N. The number of nitrogens with one attached hydrogen (secondary N) is 1. The lowest BCUT2D eigenvalue weighted by Gasteiger charge is -2.12. The maximum Gasteiger partial charge on any atom is 0.246 e. The Morgan fingerprint density at radius 3 is 2.75 bits per heavy atom. The Morgan fingerprint density at radius 2 is 2.31 bits per heavy atom. The summed E-state index contributed by atoms with van der Waals surface area (Å²) in [4.78, 5) is -0.0158. The van der Waals surface area contributed by atoms with Crippen molar-refractivity contribution in [2.75, 3.05) is 19.5 Å². The number of methoxy groups -OCH3 is 1. The van der Waals surface area contributed by atoms with E-state index in [4.69, 9.17) is 10.5 Å². The summed E-state index contributed by atoms with van der Waals surface area (Å²) in [5.41, 5.74) is 5.49. The highest BCUT2D eigenvalue weighted by molar-refractivity contribution is 7.89. The van der Waals surface area contributed by atoms with Crippen LogP contribution in [0.3, 0.4) is 0 Å². The normalized spacial score (nSPS) is 13.9. The van der Waals surface area contributed by atoms with Crippen LogP contribution >= 0.6 is 0 Å². The second-order valence-corrected chi connectivity index (χ2v) is 5.21. The van der Waals surface area contributed by atoms with Gasteiger partial charge in [-0.05, 0) is 6.92 Å². The lowest BCUT2D eigenvalue weighted by atomic mass is 10.4. The summed E-state index contributed by atoms with van der Waals surface area (Å²) in [7, 11) is -0.522. The number of sulfonamides is 1. The van der Waals surface area contributed by atoms with Crippen LogP contribution < -0.4 is 10.5 Å². The largest absolute Gasteiger partial charge is 0.383 e. The smallest absolute Gasteiger partial charge is 0.246 e. The number of hydrogen-bond donors (Lipinski definition) is 2. The highest BCUT2D eigenvalue weighted by atomic mass is 32.2. The molecule has 8 heteroatoms. The zero-order chi connectivity index (χ0) is 12.3. The number of nitrogens with zero attached hydrogens (tertiary/aromatic N) is 2. The number of nitrogens with two attached hydrogens (primary N) is 1. The minimum atomic E-state index is -3.63. The molecule has 0 aliphatic rings. The minimum Gasteiger partial charge on any atom is -0.383 e. The van der Waals surface area contributed by atoms with Gasteiger partial charge in [-0.15, -0.1) is 0 Å². The molecule has 0 bridgehead atoms. The number of aryl methyl sites for hydroxylation is 1. The summed E-state index contributed by atoms with van der Waals surface area (Å²) in [6.07, 6.45) is 1.36. The molecule has 0 saturated heterocycles. The van der Waals surface area contributed by atoms with E-state index in [0.29, 0.717) is 6.61 Å². The number of rotatable bonds is 5. The van der Waals surface area contributed by atoms with Crippen molar-refractivity contribution < 1.29 is 13.2 Å². The number of ether oxygens (including phenoxy) is 1. The molecule has 1 atom stereocenters. The van der Waals surface area contributed by atoms with Gasteiger partial charge < -0.3 is 10.5 Å². The van der Waals surface area contributed by atoms with Gasteiger partial charge in [0.05, 0.1) is 6.61 Å². The van der Waals surface area contributed by atoms with Crippen molar-refractivity contribution in [3.05, 3.63) is 6.20 Å². The monoisotopic (exact) mass is 248 g/mol. The van der Waals surface area contributed by atoms with Crippen LogP contribution in [0.4, 0.5) is 5.82 Å². The number of nitrogen functional groups attached to an aromatic ring is 1. The molecule has 0 amide bonds. The summed E-state index contributed by atoms with van der Waals surface area (Å²) < 4.78 is 32.3. The highest BCUT2D eigenvalue weighted by Crippen LogP contribution is 2.15. The standard InChI is InChI=1S/C8H16N4O3S/c1-6(5-15-3)11-16(13,14)7-4-12(2)10-8(7)9/h4,6,11H,5H2,1-3H3,(H2,9,10). The van der Waals surface area contributed by atoms with Crippen LogP contribution in [-0.2, 0) is 21.8 Å². The Hall–Kier alpha value is -1.12. The molecule has 0 spiro atoms. The summed E-state index contributed by atoms with van der Waals surface area (Å²) in [6, 6.07) is -0.324. The molecule has 3 N–H and O–H groups in total. The lowest BCUT2D eigenvalue weighted by Crippen LogP contribution is -2.35. The van der Waals surface area contributed by atoms with Gasteiger partial charge in [-0.25, -0.2) is 13.1 Å². The van der Waals surface area contributed by atoms with Gasteiger partial charge in [-0.3, -0.25) is 4.68 Å². The van der Waals surface area contributed by atoms with E-state index < -0.39 is 10.0 Å². The molecule has 1 aromatic heterocycles. The Balaban J connectivity index is 2.90. The summed E-state index contributed by atoms with van der Waals surface area (Å²) >= 11 is 0. The van der Waals surface area contributed by atoms with Gasteiger partial charge >= 0.3 is 0 Å². The van der Waals surface area contributed by atoms with Crippen molar-refractivity contribution in [1.29, 1.82) is 0 Å². The number of hydrogen-bond acceptors (Lipinski definition) is 5. The maximum absolute atomic E-state index is 11.9. The van der Waals surface area contributed by atoms with Gasteiger partial charge in [-0.1, -0.05) is 0 Å². The van der Waals surface area contributed by atoms with Crippen molar-refractivity contribution in [1.82, 2.24) is 14.5 Å². The van der Waals surface area contributed by atoms with Crippen molar-refractivity contribution in [3.63, 3.8) is 0 Å². The zero-order valence-electron chi connectivity index (χ0n) is 9.47. The lowest BCUT2D eigenvalue weighted by molar-refractivity contribution is 0.180. The van der Waals surface area contributed by atoms with Gasteiger partial charge in [0.2, 0.25) is 10.0 Å². The molecule has 1 heterocycles. The second-order valence-electron chi connectivity index (χ2n) is 3.53. The molecule has 0 saturated carbocycles. The van der Waals surface area contributed by atoms with Crippen molar-refractivity contribution in [3.8, 4) is 0 Å². The first-order valence-electron chi connectivity index (χ1n) is 4.67. The Bertz CT molecular complexity index is 454. The van der Waals surface area contributed by atoms with Crippen LogP contribution in [0.2, 0.25) is 0 Å². The summed E-state index contributed by atoms with van der Waals surface area (Å²) in [5, 5.41) is 3.77. The molecular weight excluding hydrogens is 232 g/mol. The van der Waals surface area contributed by atoms with Gasteiger partial charge in [0.15, 0.2) is 5.82 Å². The van der Waals surface area contributed by atoms with E-state index in [1.54, 1.807) is 14.0 Å². The molecule has 0 aliphatic heterocycles. The first-order valence-corrected chi connectivity index (χ1v) is 6.15. The molecule has 1 rings (SSSR count). The summed E-state index contributed by atoms with van der Waals surface area (Å²) in [5.74, 6) is -0.0142. The molecule has 1 unspecified atom stereocenters. The first-order chi connectivity index (χ1) is 7.36. The third-order valence-electron chi connectivity index (χ3n) is 1.88. The van der Waals surface area contributed by atoms with E-state index in [-0.39, 0.29) is 16.8 Å². The minimum absolute atomic E-state index is 0.0142. The van der Waals surface area contributed by atoms with E-state index >= 15 is 0 Å². The zero-order valence-corrected chi connectivity index (χ0v) is 10.3. The van der Waals surface area contributed by atoms with Crippen LogP contribution in [0.1, 0.15) is 6.92 Å². The molecule has 0 aliphatic carbocycles. The molecule has 1 aromatic rings. The van der Waals surface area contributed by atoms with E-state index in [0.717, 1.165) is 0 Å². The molecule has 92 valence electrons. The third-order valence-corrected chi connectivity index (χ3v) is 3.49. The molecule has 16 heavy (non-hydrogen) atoms. The molecule has 0 fully saturated rings. The molecular formula is C8H16N4O3S. The van der Waals surface area contributed by atoms with Gasteiger partial charge in [0, 0.05) is 26.4 Å². The van der Waals surface area contributed by atoms with Crippen LogP contribution in [-0.4, -0.2) is 38.0 Å². The fraction of sp³-hybridized carbons (Fsp3) is 0.625. The second kappa shape index (κ2) is 4.81. The Labute approximate surface area is 94.6 Å². The predicted molar refractivity (Wildman–Crippen MR) is 59.3 cm³/mol. The van der Waals surface area contributed by atoms with E-state index in [2.05, 4.69) is 9.82 Å². The van der Waals surface area contributed by atoms with Crippen LogP contribution in [0.25, 0.3) is 0 Å². The average Bonchev–Trinajstić information content (AvgIpc) is 2.45. The van der Waals surface area contributed by atoms with Gasteiger partial charge in [0.25, 0.3) is 0 Å². The van der Waals surface area contributed by atoms with Gasteiger partial charge in [0.1, 0.15) is 4.90 Å². The third kappa shape index (κ3) is 2.94. The average molecular weight is 248 g/mol. The van der Waals surface area contributed by atoms with E-state index in [9.17, 15) is 8.42 Å². The highest BCUT2D eigenvalue weighted by Gasteiger charge is 2.22. The number of aromatic nitrogens is 2. The van der Waals surface area contributed by atoms with Crippen molar-refractivity contribution in [2.45, 2.75) is 17.9 Å². The fourth-order valence-corrected chi connectivity index (χ4v) is 2.64. The maximum atomic E-state index is 11.9. The molecule has 0 aromatic carbocycles.